The minimum atomic E-state index is 0.452. The second-order valence-electron chi connectivity index (χ2n) is 8.41. The third-order valence-corrected chi connectivity index (χ3v) is 5.88. The third-order valence-electron chi connectivity index (χ3n) is 5.88. The highest BCUT2D eigenvalue weighted by Gasteiger charge is 2.15. The standard InChI is InChI=1S/C30H29NO4/c1-22-10-12-23(13-11-22)24-20-27-25-6-2-4-8-29(25)34-18-16-32-14-15-33-17-19-35-30-9-5-3-7-26(30)28(21-24)31-27/h2-13,20-21H,14-19H2,1H3. The van der Waals surface area contributed by atoms with Crippen LogP contribution in [0.15, 0.2) is 84.9 Å². The van der Waals surface area contributed by atoms with E-state index in [2.05, 4.69) is 43.3 Å². The molecule has 5 heteroatoms. The number of fused-ring (bicyclic) bond motifs is 6. The van der Waals surface area contributed by atoms with Gasteiger partial charge >= 0.3 is 0 Å². The van der Waals surface area contributed by atoms with E-state index in [4.69, 9.17) is 23.9 Å². The van der Waals surface area contributed by atoms with Crippen molar-refractivity contribution >= 4 is 0 Å². The van der Waals surface area contributed by atoms with Gasteiger partial charge in [0.1, 0.15) is 24.7 Å². The fourth-order valence-electron chi connectivity index (χ4n) is 4.07. The molecule has 1 aliphatic rings. The normalized spacial score (nSPS) is 14.5. The lowest BCUT2D eigenvalue weighted by Crippen LogP contribution is -2.13. The van der Waals surface area contributed by atoms with Crippen LogP contribution in [0.2, 0.25) is 0 Å². The highest BCUT2D eigenvalue weighted by Crippen LogP contribution is 2.37. The number of pyridine rings is 1. The molecule has 0 saturated carbocycles. The largest absolute Gasteiger partial charge is 0.490 e. The van der Waals surface area contributed by atoms with Crippen LogP contribution < -0.4 is 9.47 Å². The number of hydrogen-bond acceptors (Lipinski definition) is 5. The van der Waals surface area contributed by atoms with E-state index in [9.17, 15) is 0 Å². The summed E-state index contributed by atoms with van der Waals surface area (Å²) in [4.78, 5) is 5.08. The van der Waals surface area contributed by atoms with E-state index < -0.39 is 0 Å². The first-order chi connectivity index (χ1) is 17.3. The monoisotopic (exact) mass is 467 g/mol. The number of rotatable bonds is 1. The van der Waals surface area contributed by atoms with Gasteiger partial charge in [-0.3, -0.25) is 0 Å². The highest BCUT2D eigenvalue weighted by atomic mass is 16.6. The molecular formula is C30H29NO4. The summed E-state index contributed by atoms with van der Waals surface area (Å²) in [6.07, 6.45) is 0. The van der Waals surface area contributed by atoms with Crippen molar-refractivity contribution in [1.82, 2.24) is 4.98 Å². The fraction of sp³-hybridized carbons (Fsp3) is 0.233. The molecule has 4 aromatic rings. The summed E-state index contributed by atoms with van der Waals surface area (Å²) in [5.74, 6) is 1.56. The van der Waals surface area contributed by atoms with E-state index in [0.717, 1.165) is 45.1 Å². The van der Waals surface area contributed by atoms with Crippen LogP contribution in [-0.2, 0) is 9.47 Å². The van der Waals surface area contributed by atoms with Crippen LogP contribution in [0.4, 0.5) is 0 Å². The van der Waals surface area contributed by atoms with Gasteiger partial charge < -0.3 is 18.9 Å². The molecule has 1 aromatic heterocycles. The summed E-state index contributed by atoms with van der Waals surface area (Å²) in [7, 11) is 0. The average Bonchev–Trinajstić information content (AvgIpc) is 2.90. The summed E-state index contributed by atoms with van der Waals surface area (Å²) >= 11 is 0. The Hall–Kier alpha value is -3.67. The van der Waals surface area contributed by atoms with Gasteiger partial charge in [0.25, 0.3) is 0 Å². The Balaban J connectivity index is 1.65. The molecule has 0 N–H and O–H groups in total. The van der Waals surface area contributed by atoms with E-state index in [-0.39, 0.29) is 0 Å². The van der Waals surface area contributed by atoms with Crippen molar-refractivity contribution in [3.8, 4) is 45.1 Å². The SMILES string of the molecule is Cc1ccc(-c2cc3nc(c2)-c2ccccc2OCCOCCOCCOc2ccccc2-3)cc1. The first kappa shape index (κ1) is 23.1. The first-order valence-electron chi connectivity index (χ1n) is 12.0. The van der Waals surface area contributed by atoms with E-state index >= 15 is 0 Å². The summed E-state index contributed by atoms with van der Waals surface area (Å²) in [5, 5.41) is 0. The molecule has 3 aromatic carbocycles. The molecule has 0 aliphatic carbocycles. The van der Waals surface area contributed by atoms with Crippen molar-refractivity contribution in [2.24, 2.45) is 0 Å². The van der Waals surface area contributed by atoms with Gasteiger partial charge in [0, 0.05) is 11.1 Å². The fourth-order valence-corrected chi connectivity index (χ4v) is 4.07. The van der Waals surface area contributed by atoms with E-state index in [0.29, 0.717) is 39.6 Å². The van der Waals surface area contributed by atoms with E-state index in [1.807, 2.05) is 48.5 Å². The van der Waals surface area contributed by atoms with Crippen LogP contribution in [0.3, 0.4) is 0 Å². The van der Waals surface area contributed by atoms with Gasteiger partial charge in [-0.15, -0.1) is 0 Å². The maximum absolute atomic E-state index is 6.11. The number of ether oxygens (including phenoxy) is 4. The smallest absolute Gasteiger partial charge is 0.128 e. The highest BCUT2D eigenvalue weighted by molar-refractivity contribution is 5.80. The molecule has 35 heavy (non-hydrogen) atoms. The second-order valence-corrected chi connectivity index (χ2v) is 8.41. The quantitative estimate of drug-likeness (QED) is 0.334. The van der Waals surface area contributed by atoms with Gasteiger partial charge in [0.05, 0.1) is 37.8 Å². The summed E-state index contributed by atoms with van der Waals surface area (Å²) in [6, 6.07) is 28.8. The molecule has 0 saturated heterocycles. The molecule has 5 rings (SSSR count). The lowest BCUT2D eigenvalue weighted by atomic mass is 9.98. The molecule has 5 nitrogen and oxygen atoms in total. The number of hydrogen-bond donors (Lipinski definition) is 0. The number of aryl methyl sites for hydroxylation is 1. The lowest BCUT2D eigenvalue weighted by molar-refractivity contribution is 0.0275. The Kier molecular flexibility index (Phi) is 7.37. The molecule has 0 fully saturated rings. The van der Waals surface area contributed by atoms with Gasteiger partial charge in [-0.1, -0.05) is 54.1 Å². The van der Waals surface area contributed by atoms with Crippen molar-refractivity contribution in [3.05, 3.63) is 90.5 Å². The van der Waals surface area contributed by atoms with Crippen molar-refractivity contribution in [1.29, 1.82) is 0 Å². The van der Waals surface area contributed by atoms with Gasteiger partial charge in [-0.2, -0.15) is 0 Å². The maximum Gasteiger partial charge on any atom is 0.128 e. The van der Waals surface area contributed by atoms with Crippen molar-refractivity contribution in [2.45, 2.75) is 6.92 Å². The third kappa shape index (κ3) is 5.70. The molecule has 0 spiro atoms. The number of para-hydroxylation sites is 2. The van der Waals surface area contributed by atoms with Crippen LogP contribution >= 0.6 is 0 Å². The summed E-state index contributed by atoms with van der Waals surface area (Å²) < 4.78 is 23.5. The molecule has 0 atom stereocenters. The Labute approximate surface area is 206 Å². The molecule has 0 radical (unpaired) electrons. The van der Waals surface area contributed by atoms with Crippen molar-refractivity contribution in [2.75, 3.05) is 39.6 Å². The minimum absolute atomic E-state index is 0.452. The minimum Gasteiger partial charge on any atom is -0.490 e. The summed E-state index contributed by atoms with van der Waals surface area (Å²) in [6.45, 7) is 5.01. The zero-order valence-electron chi connectivity index (χ0n) is 19.9. The second kappa shape index (κ2) is 11.2. The number of aromatic nitrogens is 1. The molecule has 2 heterocycles. The van der Waals surface area contributed by atoms with Crippen LogP contribution in [0, 0.1) is 6.92 Å². The average molecular weight is 468 g/mol. The molecule has 2 bridgehead atoms. The predicted octanol–water partition coefficient (Wildman–Crippen LogP) is 6.20. The zero-order valence-corrected chi connectivity index (χ0v) is 19.9. The molecular weight excluding hydrogens is 438 g/mol. The van der Waals surface area contributed by atoms with Crippen LogP contribution in [0.25, 0.3) is 33.6 Å². The van der Waals surface area contributed by atoms with Crippen LogP contribution in [0.1, 0.15) is 5.56 Å². The molecule has 0 unspecified atom stereocenters. The van der Waals surface area contributed by atoms with E-state index in [1.54, 1.807) is 0 Å². The molecule has 178 valence electrons. The lowest BCUT2D eigenvalue weighted by Gasteiger charge is -2.15. The van der Waals surface area contributed by atoms with Crippen molar-refractivity contribution in [3.63, 3.8) is 0 Å². The summed E-state index contributed by atoms with van der Waals surface area (Å²) in [5.41, 5.74) is 7.00. The van der Waals surface area contributed by atoms with Crippen LogP contribution in [-0.4, -0.2) is 44.6 Å². The van der Waals surface area contributed by atoms with Crippen LogP contribution in [0.5, 0.6) is 11.5 Å². The molecule has 1 aliphatic heterocycles. The van der Waals surface area contributed by atoms with Gasteiger partial charge in [-0.25, -0.2) is 4.98 Å². The zero-order chi connectivity index (χ0) is 23.9. The van der Waals surface area contributed by atoms with Gasteiger partial charge in [0.15, 0.2) is 0 Å². The van der Waals surface area contributed by atoms with Gasteiger partial charge in [0.2, 0.25) is 0 Å². The Bertz CT molecular complexity index is 1200. The number of benzene rings is 3. The van der Waals surface area contributed by atoms with Gasteiger partial charge in [-0.05, 0) is 54.4 Å². The number of nitrogens with zero attached hydrogens (tertiary/aromatic N) is 1. The van der Waals surface area contributed by atoms with Crippen molar-refractivity contribution < 1.29 is 18.9 Å². The predicted molar refractivity (Wildman–Crippen MR) is 138 cm³/mol. The Morgan fingerprint density at radius 3 is 1.57 bits per heavy atom. The first-order valence-corrected chi connectivity index (χ1v) is 12.0. The Morgan fingerprint density at radius 2 is 1.03 bits per heavy atom. The Morgan fingerprint density at radius 1 is 0.543 bits per heavy atom. The maximum atomic E-state index is 6.11. The van der Waals surface area contributed by atoms with E-state index in [1.165, 1.54) is 5.56 Å². The molecule has 0 amide bonds. The topological polar surface area (TPSA) is 49.8 Å².